The summed E-state index contributed by atoms with van der Waals surface area (Å²) in [4.78, 5) is 27.8. The summed E-state index contributed by atoms with van der Waals surface area (Å²) < 4.78 is 2.55. The predicted molar refractivity (Wildman–Crippen MR) is 79.2 cm³/mol. The Morgan fingerprint density at radius 1 is 1.40 bits per heavy atom. The van der Waals surface area contributed by atoms with E-state index in [9.17, 15) is 9.59 Å². The van der Waals surface area contributed by atoms with Crippen LogP contribution in [0.2, 0.25) is 0 Å². The molecule has 0 bridgehead atoms. The number of hydrogen-bond donors (Lipinski definition) is 1. The van der Waals surface area contributed by atoms with Crippen LogP contribution in [0.25, 0.3) is 0 Å². The van der Waals surface area contributed by atoms with Gasteiger partial charge in [0.15, 0.2) is 0 Å². The molecule has 0 amide bonds. The number of thiazole rings is 1. The van der Waals surface area contributed by atoms with Gasteiger partial charge >= 0.3 is 5.69 Å². The summed E-state index contributed by atoms with van der Waals surface area (Å²) >= 11 is 1.62. The van der Waals surface area contributed by atoms with Crippen molar-refractivity contribution < 1.29 is 0 Å². The van der Waals surface area contributed by atoms with Crippen LogP contribution in [-0.2, 0) is 20.6 Å². The van der Waals surface area contributed by atoms with Crippen LogP contribution in [0.4, 0.5) is 0 Å². The third-order valence-corrected chi connectivity index (χ3v) is 4.16. The van der Waals surface area contributed by atoms with Crippen LogP contribution in [0.3, 0.4) is 0 Å². The minimum atomic E-state index is -0.310. The van der Waals surface area contributed by atoms with Gasteiger partial charge in [-0.3, -0.25) is 9.36 Å². The second kappa shape index (κ2) is 6.15. The monoisotopic (exact) mass is 294 g/mol. The molecule has 7 heteroatoms. The Balaban J connectivity index is 2.02. The van der Waals surface area contributed by atoms with Gasteiger partial charge in [-0.15, -0.1) is 11.3 Å². The number of rotatable bonds is 5. The summed E-state index contributed by atoms with van der Waals surface area (Å²) in [5.41, 5.74) is 0.0262. The summed E-state index contributed by atoms with van der Waals surface area (Å²) in [6.45, 7) is 3.26. The Labute approximate surface area is 120 Å². The second-order valence-electron chi connectivity index (χ2n) is 4.81. The number of hydrogen-bond acceptors (Lipinski definition) is 5. The smallest absolute Gasteiger partial charge is 0.312 e. The first-order chi connectivity index (χ1) is 9.50. The van der Waals surface area contributed by atoms with Gasteiger partial charge in [0.2, 0.25) is 0 Å². The van der Waals surface area contributed by atoms with Gasteiger partial charge in [-0.2, -0.15) is 0 Å². The highest BCUT2D eigenvalue weighted by atomic mass is 32.1. The lowest BCUT2D eigenvalue weighted by Gasteiger charge is -2.11. The molecule has 6 nitrogen and oxygen atoms in total. The summed E-state index contributed by atoms with van der Waals surface area (Å²) in [5, 5.41) is 6.27. The molecule has 0 aliphatic heterocycles. The van der Waals surface area contributed by atoms with Gasteiger partial charge in [0.1, 0.15) is 0 Å². The molecule has 2 aromatic rings. The fraction of sp³-hybridized carbons (Fsp3) is 0.462. The zero-order chi connectivity index (χ0) is 14.7. The molecule has 0 radical (unpaired) electrons. The number of aryl methyl sites for hydroxylation is 1. The van der Waals surface area contributed by atoms with Crippen molar-refractivity contribution in [3.63, 3.8) is 0 Å². The van der Waals surface area contributed by atoms with Gasteiger partial charge in [0.25, 0.3) is 5.56 Å². The fourth-order valence-corrected chi connectivity index (χ4v) is 2.69. The highest BCUT2D eigenvalue weighted by Gasteiger charge is 2.09. The minimum absolute atomic E-state index is 0.248. The lowest BCUT2D eigenvalue weighted by Crippen LogP contribution is -2.39. The molecule has 0 spiro atoms. The maximum atomic E-state index is 11.9. The van der Waals surface area contributed by atoms with E-state index in [1.54, 1.807) is 30.8 Å². The van der Waals surface area contributed by atoms with Crippen LogP contribution >= 0.6 is 11.3 Å². The first kappa shape index (κ1) is 14.7. The van der Waals surface area contributed by atoms with Crippen molar-refractivity contribution in [1.29, 1.82) is 0 Å². The first-order valence-electron chi connectivity index (χ1n) is 6.36. The fourth-order valence-electron chi connectivity index (χ4n) is 1.99. The topological polar surface area (TPSA) is 68.9 Å². The standard InChI is InChI=1S/C13H18N4O2S/c1-9(11-15-4-5-20-11)6-14-7-10-8-16(2)13(19)17(3)12(10)18/h4-5,8-9,14H,6-7H2,1-3H3. The average molecular weight is 294 g/mol. The van der Waals surface area contributed by atoms with Gasteiger partial charge in [-0.1, -0.05) is 6.92 Å². The summed E-state index contributed by atoms with van der Waals surface area (Å²) in [6.07, 6.45) is 3.38. The van der Waals surface area contributed by atoms with Gasteiger partial charge < -0.3 is 9.88 Å². The lowest BCUT2D eigenvalue weighted by atomic mass is 10.2. The molecule has 2 heterocycles. The third kappa shape index (κ3) is 3.05. The third-order valence-electron chi connectivity index (χ3n) is 3.16. The Hall–Kier alpha value is -1.73. The SMILES string of the molecule is CC(CNCc1cn(C)c(=O)n(C)c1=O)c1nccs1. The quantitative estimate of drug-likeness (QED) is 0.868. The van der Waals surface area contributed by atoms with Crippen molar-refractivity contribution in [3.8, 4) is 0 Å². The highest BCUT2D eigenvalue weighted by molar-refractivity contribution is 7.09. The molecule has 0 aromatic carbocycles. The van der Waals surface area contributed by atoms with Gasteiger partial charge in [-0.05, 0) is 0 Å². The molecule has 0 saturated carbocycles. The van der Waals surface area contributed by atoms with Crippen LogP contribution in [0.1, 0.15) is 23.4 Å². The van der Waals surface area contributed by atoms with Crippen molar-refractivity contribution in [2.75, 3.05) is 6.54 Å². The van der Waals surface area contributed by atoms with Crippen molar-refractivity contribution in [2.24, 2.45) is 14.1 Å². The molecule has 2 rings (SSSR count). The zero-order valence-corrected chi connectivity index (χ0v) is 12.6. The minimum Gasteiger partial charge on any atom is -0.312 e. The van der Waals surface area contributed by atoms with E-state index in [1.165, 1.54) is 11.6 Å². The lowest BCUT2D eigenvalue weighted by molar-refractivity contribution is 0.592. The van der Waals surface area contributed by atoms with E-state index >= 15 is 0 Å². The second-order valence-corrected chi connectivity index (χ2v) is 5.74. The van der Waals surface area contributed by atoms with Crippen LogP contribution in [0, 0.1) is 0 Å². The van der Waals surface area contributed by atoms with E-state index in [-0.39, 0.29) is 11.2 Å². The van der Waals surface area contributed by atoms with Crippen molar-refractivity contribution in [3.05, 3.63) is 49.2 Å². The molecule has 20 heavy (non-hydrogen) atoms. The number of nitrogens with one attached hydrogen (secondary N) is 1. The van der Waals surface area contributed by atoms with E-state index in [2.05, 4.69) is 17.2 Å². The Bertz CT molecular complexity index is 687. The maximum absolute atomic E-state index is 11.9. The highest BCUT2D eigenvalue weighted by Crippen LogP contribution is 2.16. The Kier molecular flexibility index (Phi) is 4.51. The van der Waals surface area contributed by atoms with Crippen LogP contribution < -0.4 is 16.6 Å². The average Bonchev–Trinajstić information content (AvgIpc) is 2.96. The van der Waals surface area contributed by atoms with E-state index in [0.717, 1.165) is 16.1 Å². The number of aromatic nitrogens is 3. The molecule has 0 fully saturated rings. The molecule has 1 N–H and O–H groups in total. The molecule has 0 saturated heterocycles. The Morgan fingerprint density at radius 2 is 2.15 bits per heavy atom. The van der Waals surface area contributed by atoms with Crippen molar-refractivity contribution >= 4 is 11.3 Å². The maximum Gasteiger partial charge on any atom is 0.330 e. The molecule has 1 atom stereocenters. The summed E-state index contributed by atoms with van der Waals surface area (Å²) in [6, 6.07) is 0. The van der Waals surface area contributed by atoms with E-state index in [1.807, 2.05) is 5.38 Å². The normalized spacial score (nSPS) is 12.6. The van der Waals surface area contributed by atoms with E-state index < -0.39 is 0 Å². The zero-order valence-electron chi connectivity index (χ0n) is 11.8. The number of nitrogens with zero attached hydrogens (tertiary/aromatic N) is 3. The molecule has 0 aliphatic carbocycles. The molecular weight excluding hydrogens is 276 g/mol. The molecule has 108 valence electrons. The van der Waals surface area contributed by atoms with Crippen molar-refractivity contribution in [1.82, 2.24) is 19.4 Å². The molecule has 0 aliphatic rings. The Morgan fingerprint density at radius 3 is 2.80 bits per heavy atom. The van der Waals surface area contributed by atoms with Gasteiger partial charge in [-0.25, -0.2) is 9.78 Å². The van der Waals surface area contributed by atoms with Crippen LogP contribution in [0.15, 0.2) is 27.4 Å². The van der Waals surface area contributed by atoms with Crippen LogP contribution in [0.5, 0.6) is 0 Å². The summed E-state index contributed by atoms with van der Waals surface area (Å²) in [7, 11) is 3.13. The first-order valence-corrected chi connectivity index (χ1v) is 7.24. The summed E-state index contributed by atoms with van der Waals surface area (Å²) in [5.74, 6) is 0.298. The molecular formula is C13H18N4O2S. The largest absolute Gasteiger partial charge is 0.330 e. The van der Waals surface area contributed by atoms with E-state index in [4.69, 9.17) is 0 Å². The molecule has 1 unspecified atom stereocenters. The van der Waals surface area contributed by atoms with E-state index in [0.29, 0.717) is 18.0 Å². The van der Waals surface area contributed by atoms with Crippen LogP contribution in [-0.4, -0.2) is 20.7 Å². The molecule has 2 aromatic heterocycles. The predicted octanol–water partition coefficient (Wildman–Crippen LogP) is 0.434. The van der Waals surface area contributed by atoms with Gasteiger partial charge in [0, 0.05) is 56.4 Å². The van der Waals surface area contributed by atoms with Gasteiger partial charge in [0.05, 0.1) is 5.01 Å². The van der Waals surface area contributed by atoms with Crippen molar-refractivity contribution in [2.45, 2.75) is 19.4 Å².